The van der Waals surface area contributed by atoms with E-state index in [1.54, 1.807) is 13.1 Å². The maximum Gasteiger partial charge on any atom is 0.306 e. The fourth-order valence-electron chi connectivity index (χ4n) is 3.17. The van der Waals surface area contributed by atoms with Gasteiger partial charge in [0.15, 0.2) is 0 Å². The number of ether oxygens (including phenoxy) is 2. The molecule has 1 rings (SSSR count). The number of nitrogens with zero attached hydrogens (tertiary/aromatic N) is 1. The number of carbonyl (C=O) groups excluding carboxylic acids is 2. The molecule has 6 heteroatoms. The number of aromatic hydroxyl groups is 1. The first kappa shape index (κ1) is 25.9. The molecule has 0 atom stereocenters. The Balaban J connectivity index is 2.50. The van der Waals surface area contributed by atoms with Crippen molar-refractivity contribution in [3.05, 3.63) is 23.0 Å². The fourth-order valence-corrected chi connectivity index (χ4v) is 3.17. The van der Waals surface area contributed by atoms with Gasteiger partial charge in [0.2, 0.25) is 0 Å². The van der Waals surface area contributed by atoms with Crippen LogP contribution in [0.5, 0.6) is 5.75 Å². The van der Waals surface area contributed by atoms with Crippen LogP contribution in [0.25, 0.3) is 0 Å². The van der Waals surface area contributed by atoms with Gasteiger partial charge in [0.05, 0.1) is 5.69 Å². The van der Waals surface area contributed by atoms with Crippen LogP contribution in [-0.4, -0.2) is 22.0 Å². The van der Waals surface area contributed by atoms with Crippen molar-refractivity contribution in [2.75, 3.05) is 0 Å². The van der Waals surface area contributed by atoms with Gasteiger partial charge >= 0.3 is 11.9 Å². The molecular formula is C24H39NO5. The third-order valence-electron chi connectivity index (χ3n) is 5.17. The van der Waals surface area contributed by atoms with E-state index in [1.165, 1.54) is 19.3 Å². The van der Waals surface area contributed by atoms with Gasteiger partial charge in [0.25, 0.3) is 0 Å². The molecule has 0 unspecified atom stereocenters. The quantitative estimate of drug-likeness (QED) is 0.264. The number of hydrogen-bond acceptors (Lipinski definition) is 6. The van der Waals surface area contributed by atoms with Gasteiger partial charge in [-0.15, -0.1) is 0 Å². The summed E-state index contributed by atoms with van der Waals surface area (Å²) in [6, 6.07) is 0. The Bertz CT molecular complexity index is 645. The molecule has 0 fully saturated rings. The van der Waals surface area contributed by atoms with E-state index in [9.17, 15) is 14.7 Å². The van der Waals surface area contributed by atoms with Crippen molar-refractivity contribution in [1.29, 1.82) is 0 Å². The predicted molar refractivity (Wildman–Crippen MR) is 117 cm³/mol. The molecule has 1 aromatic heterocycles. The SMILES string of the molecule is CCCCCCCC(=O)OCc1cnc(C)c(O)c1COC(=O)CCCCCCC. The lowest BCUT2D eigenvalue weighted by molar-refractivity contribution is -0.146. The van der Waals surface area contributed by atoms with Gasteiger partial charge < -0.3 is 14.6 Å². The third-order valence-corrected chi connectivity index (χ3v) is 5.17. The summed E-state index contributed by atoms with van der Waals surface area (Å²) in [6.45, 7) is 5.95. The van der Waals surface area contributed by atoms with Gasteiger partial charge in [0.1, 0.15) is 19.0 Å². The second kappa shape index (κ2) is 15.7. The van der Waals surface area contributed by atoms with Crippen LogP contribution < -0.4 is 0 Å². The second-order valence-corrected chi connectivity index (χ2v) is 7.85. The van der Waals surface area contributed by atoms with E-state index in [1.807, 2.05) is 0 Å². The molecule has 1 N–H and O–H groups in total. The van der Waals surface area contributed by atoms with Crippen molar-refractivity contribution in [1.82, 2.24) is 4.98 Å². The van der Waals surface area contributed by atoms with Crippen LogP contribution in [0.1, 0.15) is 108 Å². The Labute approximate surface area is 181 Å². The van der Waals surface area contributed by atoms with Crippen molar-refractivity contribution in [2.45, 2.75) is 111 Å². The number of carbonyl (C=O) groups is 2. The van der Waals surface area contributed by atoms with Crippen LogP contribution in [0.4, 0.5) is 0 Å². The lowest BCUT2D eigenvalue weighted by Gasteiger charge is -2.14. The highest BCUT2D eigenvalue weighted by atomic mass is 16.5. The molecule has 0 amide bonds. The van der Waals surface area contributed by atoms with Crippen LogP contribution in [0.15, 0.2) is 6.20 Å². The van der Waals surface area contributed by atoms with Gasteiger partial charge in [-0.2, -0.15) is 0 Å². The van der Waals surface area contributed by atoms with E-state index in [-0.39, 0.29) is 30.9 Å². The van der Waals surface area contributed by atoms with E-state index in [0.29, 0.717) is 29.7 Å². The molecule has 0 aliphatic heterocycles. The minimum Gasteiger partial charge on any atom is -0.506 e. The number of aromatic nitrogens is 1. The number of esters is 2. The zero-order valence-electron chi connectivity index (χ0n) is 19.0. The van der Waals surface area contributed by atoms with Crippen LogP contribution in [0, 0.1) is 6.92 Å². The molecule has 0 saturated carbocycles. The lowest BCUT2D eigenvalue weighted by Crippen LogP contribution is -2.10. The summed E-state index contributed by atoms with van der Waals surface area (Å²) in [5.41, 5.74) is 1.47. The fraction of sp³-hybridized carbons (Fsp3) is 0.708. The molecular weight excluding hydrogens is 382 g/mol. The van der Waals surface area contributed by atoms with E-state index in [0.717, 1.165) is 44.9 Å². The number of unbranched alkanes of at least 4 members (excludes halogenated alkanes) is 8. The van der Waals surface area contributed by atoms with Gasteiger partial charge in [-0.05, 0) is 19.8 Å². The Morgan fingerprint density at radius 2 is 1.33 bits per heavy atom. The summed E-state index contributed by atoms with van der Waals surface area (Å²) >= 11 is 0. The Hall–Kier alpha value is -2.11. The number of rotatable bonds is 16. The van der Waals surface area contributed by atoms with E-state index >= 15 is 0 Å². The number of pyridine rings is 1. The first-order chi connectivity index (χ1) is 14.5. The summed E-state index contributed by atoms with van der Waals surface area (Å²) in [6.07, 6.45) is 12.9. The molecule has 1 heterocycles. The first-order valence-corrected chi connectivity index (χ1v) is 11.5. The zero-order valence-corrected chi connectivity index (χ0v) is 19.0. The molecule has 0 aliphatic rings. The molecule has 6 nitrogen and oxygen atoms in total. The van der Waals surface area contributed by atoms with Crippen LogP contribution >= 0.6 is 0 Å². The molecule has 0 bridgehead atoms. The minimum atomic E-state index is -0.282. The maximum atomic E-state index is 12.0. The van der Waals surface area contributed by atoms with E-state index in [4.69, 9.17) is 9.47 Å². The van der Waals surface area contributed by atoms with Crippen molar-refractivity contribution in [2.24, 2.45) is 0 Å². The van der Waals surface area contributed by atoms with Gasteiger partial charge in [-0.3, -0.25) is 14.6 Å². The average Bonchev–Trinajstić information content (AvgIpc) is 2.73. The van der Waals surface area contributed by atoms with Crippen molar-refractivity contribution >= 4 is 11.9 Å². The topological polar surface area (TPSA) is 85.7 Å². The Kier molecular flexibility index (Phi) is 13.6. The molecule has 0 aliphatic carbocycles. The summed E-state index contributed by atoms with van der Waals surface area (Å²) in [5.74, 6) is -0.559. The Morgan fingerprint density at radius 1 is 0.833 bits per heavy atom. The molecule has 0 saturated heterocycles. The highest BCUT2D eigenvalue weighted by Gasteiger charge is 2.16. The molecule has 0 aromatic carbocycles. The second-order valence-electron chi connectivity index (χ2n) is 7.85. The summed E-state index contributed by atoms with van der Waals surface area (Å²) < 4.78 is 10.7. The monoisotopic (exact) mass is 421 g/mol. The van der Waals surface area contributed by atoms with Crippen molar-refractivity contribution < 1.29 is 24.2 Å². The molecule has 0 radical (unpaired) electrons. The van der Waals surface area contributed by atoms with Crippen LogP contribution in [-0.2, 0) is 32.3 Å². The molecule has 30 heavy (non-hydrogen) atoms. The van der Waals surface area contributed by atoms with Crippen LogP contribution in [0.2, 0.25) is 0 Å². The van der Waals surface area contributed by atoms with Crippen molar-refractivity contribution in [3.63, 3.8) is 0 Å². The van der Waals surface area contributed by atoms with Gasteiger partial charge in [-0.1, -0.05) is 65.2 Å². The summed E-state index contributed by atoms with van der Waals surface area (Å²) in [5, 5.41) is 10.4. The smallest absolute Gasteiger partial charge is 0.306 e. The highest BCUT2D eigenvalue weighted by Crippen LogP contribution is 2.25. The Morgan fingerprint density at radius 3 is 1.87 bits per heavy atom. The number of hydrogen-bond donors (Lipinski definition) is 1. The average molecular weight is 422 g/mol. The van der Waals surface area contributed by atoms with Gasteiger partial charge in [0, 0.05) is 30.2 Å². The maximum absolute atomic E-state index is 12.0. The first-order valence-electron chi connectivity index (χ1n) is 11.5. The van der Waals surface area contributed by atoms with Gasteiger partial charge in [-0.25, -0.2) is 0 Å². The zero-order chi connectivity index (χ0) is 22.2. The standard InChI is InChI=1S/C24H39NO5/c1-4-6-8-10-12-14-22(26)29-17-20-16-25-19(3)24(28)21(20)18-30-23(27)15-13-11-9-7-5-2/h16,28H,4-15,17-18H2,1-3H3. The summed E-state index contributed by atoms with van der Waals surface area (Å²) in [7, 11) is 0. The van der Waals surface area contributed by atoms with E-state index < -0.39 is 0 Å². The normalized spacial score (nSPS) is 10.8. The number of aryl methyl sites for hydroxylation is 1. The molecule has 170 valence electrons. The molecule has 0 spiro atoms. The van der Waals surface area contributed by atoms with E-state index in [2.05, 4.69) is 18.8 Å². The highest BCUT2D eigenvalue weighted by molar-refractivity contribution is 5.70. The largest absolute Gasteiger partial charge is 0.506 e. The third kappa shape index (κ3) is 10.6. The van der Waals surface area contributed by atoms with Crippen molar-refractivity contribution in [3.8, 4) is 5.75 Å². The molecule has 1 aromatic rings. The lowest BCUT2D eigenvalue weighted by atomic mass is 10.1. The summed E-state index contributed by atoms with van der Waals surface area (Å²) in [4.78, 5) is 28.1. The minimum absolute atomic E-state index is 0.0124. The van der Waals surface area contributed by atoms with Crippen LogP contribution in [0.3, 0.4) is 0 Å². The predicted octanol–water partition coefficient (Wildman–Crippen LogP) is 5.90.